The van der Waals surface area contributed by atoms with Gasteiger partial charge in [-0.3, -0.25) is 0 Å². The van der Waals surface area contributed by atoms with E-state index in [9.17, 15) is 0 Å². The number of halogens is 1. The third-order valence-corrected chi connectivity index (χ3v) is 4.86. The van der Waals surface area contributed by atoms with E-state index < -0.39 is 0 Å². The standard InChI is InChI=1S/C15H17ClN2S/c1-9-10(2)19-15(17-9)14(18-13-7-8-13)11-3-5-12(16)6-4-11/h3-6,13-14,18H,7-8H2,1-2H3. The molecule has 1 aromatic carbocycles. The minimum atomic E-state index is 0.196. The van der Waals surface area contributed by atoms with Crippen LogP contribution < -0.4 is 5.32 Å². The molecule has 3 rings (SSSR count). The molecular formula is C15H17ClN2S. The molecule has 1 unspecified atom stereocenters. The normalized spacial score (nSPS) is 16.6. The van der Waals surface area contributed by atoms with Crippen LogP contribution in [0.15, 0.2) is 24.3 Å². The average Bonchev–Trinajstić information content (AvgIpc) is 3.14. The average molecular weight is 293 g/mol. The van der Waals surface area contributed by atoms with Gasteiger partial charge in [0.2, 0.25) is 0 Å². The Hall–Kier alpha value is -0.900. The summed E-state index contributed by atoms with van der Waals surface area (Å²) in [5.41, 5.74) is 2.38. The van der Waals surface area contributed by atoms with Gasteiger partial charge in [-0.15, -0.1) is 11.3 Å². The molecular weight excluding hydrogens is 276 g/mol. The molecule has 0 amide bonds. The van der Waals surface area contributed by atoms with E-state index >= 15 is 0 Å². The van der Waals surface area contributed by atoms with Gasteiger partial charge in [-0.1, -0.05) is 23.7 Å². The molecule has 100 valence electrons. The minimum absolute atomic E-state index is 0.196. The number of benzene rings is 1. The van der Waals surface area contributed by atoms with Crippen LogP contribution in [0.1, 0.15) is 40.0 Å². The lowest BCUT2D eigenvalue weighted by Gasteiger charge is -2.16. The summed E-state index contributed by atoms with van der Waals surface area (Å²) in [5.74, 6) is 0. The summed E-state index contributed by atoms with van der Waals surface area (Å²) in [6.45, 7) is 4.21. The fourth-order valence-corrected chi connectivity index (χ4v) is 3.21. The molecule has 0 radical (unpaired) electrons. The Morgan fingerprint density at radius 3 is 2.47 bits per heavy atom. The Balaban J connectivity index is 1.94. The lowest BCUT2D eigenvalue weighted by atomic mass is 10.1. The highest BCUT2D eigenvalue weighted by molar-refractivity contribution is 7.11. The van der Waals surface area contributed by atoms with E-state index in [0.717, 1.165) is 15.7 Å². The van der Waals surface area contributed by atoms with E-state index in [1.165, 1.54) is 23.3 Å². The third kappa shape index (κ3) is 2.99. The number of aromatic nitrogens is 1. The fraction of sp³-hybridized carbons (Fsp3) is 0.400. The van der Waals surface area contributed by atoms with E-state index in [1.54, 1.807) is 11.3 Å². The number of nitrogens with one attached hydrogen (secondary N) is 1. The molecule has 1 aliphatic carbocycles. The summed E-state index contributed by atoms with van der Waals surface area (Å²) < 4.78 is 0. The van der Waals surface area contributed by atoms with Crippen molar-refractivity contribution in [3.63, 3.8) is 0 Å². The molecule has 1 atom stereocenters. The Morgan fingerprint density at radius 1 is 1.26 bits per heavy atom. The van der Waals surface area contributed by atoms with Crippen LogP contribution in [0.5, 0.6) is 0 Å². The number of hydrogen-bond donors (Lipinski definition) is 1. The fourth-order valence-electron chi connectivity index (χ4n) is 2.07. The lowest BCUT2D eigenvalue weighted by molar-refractivity contribution is 0.597. The van der Waals surface area contributed by atoms with Crippen LogP contribution in [-0.4, -0.2) is 11.0 Å². The molecule has 0 aliphatic heterocycles. The lowest BCUT2D eigenvalue weighted by Crippen LogP contribution is -2.24. The van der Waals surface area contributed by atoms with Crippen molar-refractivity contribution in [2.45, 2.75) is 38.8 Å². The first-order valence-electron chi connectivity index (χ1n) is 6.59. The second-order valence-corrected chi connectivity index (χ2v) is 6.79. The smallest absolute Gasteiger partial charge is 0.115 e. The van der Waals surface area contributed by atoms with Crippen LogP contribution in [0, 0.1) is 13.8 Å². The van der Waals surface area contributed by atoms with Crippen molar-refractivity contribution >= 4 is 22.9 Å². The zero-order valence-corrected chi connectivity index (χ0v) is 12.7. The summed E-state index contributed by atoms with van der Waals surface area (Å²) in [6.07, 6.45) is 2.54. The molecule has 1 fully saturated rings. The molecule has 19 heavy (non-hydrogen) atoms. The van der Waals surface area contributed by atoms with Gasteiger partial charge in [0.1, 0.15) is 5.01 Å². The summed E-state index contributed by atoms with van der Waals surface area (Å²) in [5, 5.41) is 5.62. The largest absolute Gasteiger partial charge is 0.301 e. The van der Waals surface area contributed by atoms with Crippen LogP contribution >= 0.6 is 22.9 Å². The summed E-state index contributed by atoms with van der Waals surface area (Å²) in [6, 6.07) is 8.92. The first kappa shape index (κ1) is 13.1. The highest BCUT2D eigenvalue weighted by Gasteiger charge is 2.28. The van der Waals surface area contributed by atoms with Crippen molar-refractivity contribution in [3.05, 3.63) is 50.4 Å². The van der Waals surface area contributed by atoms with Gasteiger partial charge in [0.05, 0.1) is 11.7 Å². The molecule has 0 bridgehead atoms. The SMILES string of the molecule is Cc1nc(C(NC2CC2)c2ccc(Cl)cc2)sc1C. The van der Waals surface area contributed by atoms with E-state index in [4.69, 9.17) is 16.6 Å². The summed E-state index contributed by atoms with van der Waals surface area (Å²) in [4.78, 5) is 6.01. The van der Waals surface area contributed by atoms with Crippen molar-refractivity contribution in [3.8, 4) is 0 Å². The highest BCUT2D eigenvalue weighted by Crippen LogP contribution is 2.32. The number of hydrogen-bond acceptors (Lipinski definition) is 3. The van der Waals surface area contributed by atoms with E-state index in [1.807, 2.05) is 12.1 Å². The maximum atomic E-state index is 5.98. The summed E-state index contributed by atoms with van der Waals surface area (Å²) in [7, 11) is 0. The van der Waals surface area contributed by atoms with Crippen LogP contribution in [0.2, 0.25) is 5.02 Å². The molecule has 0 saturated heterocycles. The van der Waals surface area contributed by atoms with Crippen LogP contribution in [0.3, 0.4) is 0 Å². The Kier molecular flexibility index (Phi) is 3.61. The number of thiazole rings is 1. The van der Waals surface area contributed by atoms with Crippen molar-refractivity contribution < 1.29 is 0 Å². The van der Waals surface area contributed by atoms with Crippen LogP contribution in [0.25, 0.3) is 0 Å². The molecule has 0 spiro atoms. The van der Waals surface area contributed by atoms with Gasteiger partial charge in [-0.2, -0.15) is 0 Å². The van der Waals surface area contributed by atoms with Crippen molar-refractivity contribution in [2.24, 2.45) is 0 Å². The maximum absolute atomic E-state index is 5.98. The minimum Gasteiger partial charge on any atom is -0.301 e. The Bertz CT molecular complexity index is 553. The second-order valence-electron chi connectivity index (χ2n) is 5.12. The number of aryl methyl sites for hydroxylation is 2. The molecule has 2 nitrogen and oxygen atoms in total. The van der Waals surface area contributed by atoms with Gasteiger partial charge in [0.25, 0.3) is 0 Å². The first-order valence-corrected chi connectivity index (χ1v) is 7.78. The topological polar surface area (TPSA) is 24.9 Å². The van der Waals surface area contributed by atoms with Crippen molar-refractivity contribution in [1.82, 2.24) is 10.3 Å². The molecule has 1 aromatic heterocycles. The maximum Gasteiger partial charge on any atom is 0.115 e. The molecule has 1 saturated carbocycles. The van der Waals surface area contributed by atoms with Crippen molar-refractivity contribution in [1.29, 1.82) is 0 Å². The van der Waals surface area contributed by atoms with Gasteiger partial charge in [0.15, 0.2) is 0 Å². The quantitative estimate of drug-likeness (QED) is 0.911. The van der Waals surface area contributed by atoms with Crippen molar-refractivity contribution in [2.75, 3.05) is 0 Å². The number of nitrogens with zero attached hydrogens (tertiary/aromatic N) is 1. The Labute approximate surface area is 122 Å². The third-order valence-electron chi connectivity index (χ3n) is 3.48. The predicted octanol–water partition coefficient (Wildman–Crippen LogP) is 4.25. The zero-order chi connectivity index (χ0) is 13.4. The van der Waals surface area contributed by atoms with Gasteiger partial charge in [-0.05, 0) is 44.4 Å². The van der Waals surface area contributed by atoms with Crippen LogP contribution in [0.4, 0.5) is 0 Å². The first-order chi connectivity index (χ1) is 9.13. The van der Waals surface area contributed by atoms with Gasteiger partial charge in [-0.25, -0.2) is 4.98 Å². The highest BCUT2D eigenvalue weighted by atomic mass is 35.5. The summed E-state index contributed by atoms with van der Waals surface area (Å²) >= 11 is 7.76. The van der Waals surface area contributed by atoms with Gasteiger partial charge in [0, 0.05) is 15.9 Å². The molecule has 1 aliphatic rings. The monoisotopic (exact) mass is 292 g/mol. The van der Waals surface area contributed by atoms with E-state index in [2.05, 4.69) is 31.3 Å². The number of rotatable bonds is 4. The molecule has 2 aromatic rings. The van der Waals surface area contributed by atoms with Gasteiger partial charge >= 0.3 is 0 Å². The second kappa shape index (κ2) is 5.23. The van der Waals surface area contributed by atoms with Gasteiger partial charge < -0.3 is 5.32 Å². The Morgan fingerprint density at radius 2 is 1.95 bits per heavy atom. The van der Waals surface area contributed by atoms with E-state index in [0.29, 0.717) is 6.04 Å². The zero-order valence-electron chi connectivity index (χ0n) is 11.1. The molecule has 1 N–H and O–H groups in total. The predicted molar refractivity (Wildman–Crippen MR) is 81.0 cm³/mol. The van der Waals surface area contributed by atoms with Crippen LogP contribution in [-0.2, 0) is 0 Å². The molecule has 1 heterocycles. The molecule has 4 heteroatoms. The van der Waals surface area contributed by atoms with E-state index in [-0.39, 0.29) is 6.04 Å².